The summed E-state index contributed by atoms with van der Waals surface area (Å²) in [4.78, 5) is 45.3. The van der Waals surface area contributed by atoms with Gasteiger partial charge in [0.25, 0.3) is 17.2 Å². The molecular weight excluding hydrogens is 400 g/mol. The first-order chi connectivity index (χ1) is 14.9. The average Bonchev–Trinajstić information content (AvgIpc) is 3.26. The van der Waals surface area contributed by atoms with Crippen molar-refractivity contribution in [2.24, 2.45) is 0 Å². The molecule has 1 atom stereocenters. The number of nitro benzene ring substituents is 1. The number of para-hydroxylation sites is 1. The molecule has 160 valence electrons. The fraction of sp³-hybridized carbons (Fsp3) is 0.318. The first-order valence-electron chi connectivity index (χ1n) is 10.1. The molecule has 0 aliphatic carbocycles. The molecule has 1 aromatic heterocycles. The van der Waals surface area contributed by atoms with Gasteiger partial charge in [0.05, 0.1) is 28.5 Å². The lowest BCUT2D eigenvalue weighted by molar-refractivity contribution is -0.385. The van der Waals surface area contributed by atoms with Crippen molar-refractivity contribution in [2.75, 3.05) is 13.2 Å². The number of carbonyl (C=O) groups excluding carboxylic acids is 1. The first kappa shape index (κ1) is 20.7. The van der Waals surface area contributed by atoms with Crippen LogP contribution in [0.1, 0.15) is 34.6 Å². The standard InChI is InChI=1S/C22H22N4O5/c1-14-8-9-15(11-19(14)26(29)30)22(28)25(12-16-5-4-10-31-16)13-20-23-18-7-3-2-6-17(18)21(27)24-20/h2-3,6-9,11,16H,4-5,10,12-13H2,1H3,(H,23,24,27). The monoisotopic (exact) mass is 422 g/mol. The molecular formula is C22H22N4O5. The summed E-state index contributed by atoms with van der Waals surface area (Å²) < 4.78 is 5.69. The fourth-order valence-electron chi connectivity index (χ4n) is 3.77. The van der Waals surface area contributed by atoms with E-state index in [0.29, 0.717) is 35.4 Å². The van der Waals surface area contributed by atoms with Crippen molar-refractivity contribution >= 4 is 22.5 Å². The average molecular weight is 422 g/mol. The summed E-state index contributed by atoms with van der Waals surface area (Å²) in [6.45, 7) is 2.62. The molecule has 3 aromatic rings. The third kappa shape index (κ3) is 4.46. The molecule has 1 saturated heterocycles. The molecule has 1 amide bonds. The Morgan fingerprint density at radius 2 is 2.13 bits per heavy atom. The predicted molar refractivity (Wildman–Crippen MR) is 114 cm³/mol. The number of aromatic nitrogens is 2. The zero-order valence-electron chi connectivity index (χ0n) is 17.0. The van der Waals surface area contributed by atoms with Crippen LogP contribution in [-0.2, 0) is 11.3 Å². The molecule has 1 aliphatic rings. The number of benzene rings is 2. The minimum absolute atomic E-state index is 0.0560. The number of ether oxygens (including phenoxy) is 1. The van der Waals surface area contributed by atoms with Crippen LogP contribution < -0.4 is 5.56 Å². The Morgan fingerprint density at radius 3 is 2.87 bits per heavy atom. The number of amides is 1. The van der Waals surface area contributed by atoms with Crippen molar-refractivity contribution in [1.29, 1.82) is 0 Å². The highest BCUT2D eigenvalue weighted by Crippen LogP contribution is 2.22. The Bertz CT molecular complexity index is 1200. The van der Waals surface area contributed by atoms with Crippen molar-refractivity contribution in [3.63, 3.8) is 0 Å². The summed E-state index contributed by atoms with van der Waals surface area (Å²) in [5, 5.41) is 11.8. The number of aromatic amines is 1. The van der Waals surface area contributed by atoms with Crippen molar-refractivity contribution < 1.29 is 14.5 Å². The van der Waals surface area contributed by atoms with Gasteiger partial charge in [0.2, 0.25) is 0 Å². The third-order valence-corrected chi connectivity index (χ3v) is 5.39. The SMILES string of the molecule is Cc1ccc(C(=O)N(Cc2nc3ccccc3c(=O)[nH]2)CC2CCCO2)cc1[N+](=O)[O-]. The first-order valence-corrected chi connectivity index (χ1v) is 10.1. The highest BCUT2D eigenvalue weighted by Gasteiger charge is 2.26. The lowest BCUT2D eigenvalue weighted by atomic mass is 10.1. The molecule has 0 bridgehead atoms. The molecule has 1 unspecified atom stereocenters. The molecule has 4 rings (SSSR count). The summed E-state index contributed by atoms with van der Waals surface area (Å²) in [6, 6.07) is 11.4. The van der Waals surface area contributed by atoms with Crippen LogP contribution in [0, 0.1) is 17.0 Å². The van der Waals surface area contributed by atoms with Crippen molar-refractivity contribution in [3.8, 4) is 0 Å². The molecule has 9 nitrogen and oxygen atoms in total. The number of fused-ring (bicyclic) bond motifs is 1. The van der Waals surface area contributed by atoms with Crippen molar-refractivity contribution in [1.82, 2.24) is 14.9 Å². The Labute approximate surface area is 177 Å². The van der Waals surface area contributed by atoms with Crippen LogP contribution in [0.3, 0.4) is 0 Å². The third-order valence-electron chi connectivity index (χ3n) is 5.39. The lowest BCUT2D eigenvalue weighted by Gasteiger charge is -2.25. The van der Waals surface area contributed by atoms with Gasteiger partial charge < -0.3 is 14.6 Å². The molecule has 2 heterocycles. The van der Waals surface area contributed by atoms with E-state index in [1.54, 1.807) is 43.3 Å². The number of nitro groups is 1. The van der Waals surface area contributed by atoms with Gasteiger partial charge in [-0.2, -0.15) is 0 Å². The van der Waals surface area contributed by atoms with Crippen LogP contribution in [-0.4, -0.2) is 45.0 Å². The number of carbonyl (C=O) groups is 1. The maximum absolute atomic E-state index is 13.3. The predicted octanol–water partition coefficient (Wildman–Crippen LogP) is 2.96. The zero-order valence-corrected chi connectivity index (χ0v) is 17.0. The molecule has 31 heavy (non-hydrogen) atoms. The molecule has 2 aromatic carbocycles. The van der Waals surface area contributed by atoms with Gasteiger partial charge in [-0.3, -0.25) is 19.7 Å². The number of hydrogen-bond donors (Lipinski definition) is 1. The van der Waals surface area contributed by atoms with Gasteiger partial charge in [-0.15, -0.1) is 0 Å². The molecule has 1 aliphatic heterocycles. The smallest absolute Gasteiger partial charge is 0.273 e. The van der Waals surface area contributed by atoms with Crippen molar-refractivity contribution in [3.05, 3.63) is 79.9 Å². The largest absolute Gasteiger partial charge is 0.376 e. The summed E-state index contributed by atoms with van der Waals surface area (Å²) >= 11 is 0. The maximum atomic E-state index is 13.3. The van der Waals surface area contributed by atoms with E-state index < -0.39 is 4.92 Å². The molecule has 0 spiro atoms. The van der Waals surface area contributed by atoms with Crippen LogP contribution in [0.15, 0.2) is 47.3 Å². The van der Waals surface area contributed by atoms with Crippen LogP contribution in [0.5, 0.6) is 0 Å². The Balaban J connectivity index is 1.67. The fourth-order valence-corrected chi connectivity index (χ4v) is 3.77. The molecule has 9 heteroatoms. The highest BCUT2D eigenvalue weighted by molar-refractivity contribution is 5.95. The van der Waals surface area contributed by atoms with Gasteiger partial charge in [0.15, 0.2) is 0 Å². The molecule has 1 fully saturated rings. The molecule has 1 N–H and O–H groups in total. The Kier molecular flexibility index (Phi) is 5.77. The van der Waals surface area contributed by atoms with Gasteiger partial charge in [-0.05, 0) is 38.0 Å². The minimum Gasteiger partial charge on any atom is -0.376 e. The van der Waals surface area contributed by atoms with Gasteiger partial charge in [-0.25, -0.2) is 4.98 Å². The van der Waals surface area contributed by atoms with Crippen LogP contribution >= 0.6 is 0 Å². The van der Waals surface area contributed by atoms with Crippen LogP contribution in [0.4, 0.5) is 5.69 Å². The van der Waals surface area contributed by atoms with Crippen LogP contribution in [0.2, 0.25) is 0 Å². The van der Waals surface area contributed by atoms with E-state index in [9.17, 15) is 19.7 Å². The normalized spacial score (nSPS) is 15.8. The Morgan fingerprint density at radius 1 is 1.32 bits per heavy atom. The highest BCUT2D eigenvalue weighted by atomic mass is 16.6. The number of rotatable bonds is 6. The van der Waals surface area contributed by atoms with Gasteiger partial charge in [-0.1, -0.05) is 18.2 Å². The van der Waals surface area contributed by atoms with Crippen molar-refractivity contribution in [2.45, 2.75) is 32.4 Å². The van der Waals surface area contributed by atoms with E-state index in [2.05, 4.69) is 9.97 Å². The second kappa shape index (κ2) is 8.65. The second-order valence-corrected chi connectivity index (χ2v) is 7.61. The summed E-state index contributed by atoms with van der Waals surface area (Å²) in [5.41, 5.74) is 0.833. The van der Waals surface area contributed by atoms with E-state index in [0.717, 1.165) is 12.8 Å². The number of aryl methyl sites for hydroxylation is 1. The summed E-state index contributed by atoms with van der Waals surface area (Å²) in [6.07, 6.45) is 1.60. The number of H-pyrrole nitrogens is 1. The second-order valence-electron chi connectivity index (χ2n) is 7.61. The number of hydrogen-bond acceptors (Lipinski definition) is 6. The van der Waals surface area contributed by atoms with E-state index >= 15 is 0 Å². The molecule has 0 saturated carbocycles. The van der Waals surface area contributed by atoms with E-state index in [1.165, 1.54) is 11.0 Å². The zero-order chi connectivity index (χ0) is 22.0. The topological polar surface area (TPSA) is 118 Å². The van der Waals surface area contributed by atoms with Gasteiger partial charge in [0.1, 0.15) is 5.82 Å². The maximum Gasteiger partial charge on any atom is 0.273 e. The van der Waals surface area contributed by atoms with E-state index in [4.69, 9.17) is 4.74 Å². The van der Waals surface area contributed by atoms with Crippen LogP contribution in [0.25, 0.3) is 10.9 Å². The summed E-state index contributed by atoms with van der Waals surface area (Å²) in [7, 11) is 0. The molecule has 0 radical (unpaired) electrons. The quantitative estimate of drug-likeness (QED) is 0.482. The minimum atomic E-state index is -0.501. The summed E-state index contributed by atoms with van der Waals surface area (Å²) in [5.74, 6) is -0.0361. The van der Waals surface area contributed by atoms with Gasteiger partial charge in [0, 0.05) is 30.3 Å². The van der Waals surface area contributed by atoms with Gasteiger partial charge >= 0.3 is 0 Å². The van der Waals surface area contributed by atoms with E-state index in [-0.39, 0.29) is 35.4 Å². The number of nitrogens with zero attached hydrogens (tertiary/aromatic N) is 3. The number of nitrogens with one attached hydrogen (secondary N) is 1. The van der Waals surface area contributed by atoms with E-state index in [1.807, 2.05) is 0 Å². The lowest BCUT2D eigenvalue weighted by Crippen LogP contribution is -2.38. The Hall–Kier alpha value is -3.59.